The predicted molar refractivity (Wildman–Crippen MR) is 240 cm³/mol. The Kier molecular flexibility index (Phi) is 10.6. The van der Waals surface area contributed by atoms with Crippen LogP contribution in [0.15, 0.2) is 133 Å². The molecule has 0 N–H and O–H groups in total. The second-order valence-electron chi connectivity index (χ2n) is 19.2. The van der Waals surface area contributed by atoms with Crippen LogP contribution in [0.4, 0.5) is 0 Å². The maximum Gasteiger partial charge on any atom is 0.0522 e. The molecular formula is C53H58S. The third kappa shape index (κ3) is 8.85. The molecule has 6 rings (SSSR count). The van der Waals surface area contributed by atoms with Crippen LogP contribution >= 0.6 is 12.2 Å². The van der Waals surface area contributed by atoms with Crippen molar-refractivity contribution in [1.29, 1.82) is 0 Å². The van der Waals surface area contributed by atoms with Crippen LogP contribution in [-0.2, 0) is 21.7 Å². The predicted octanol–water partition coefficient (Wildman–Crippen LogP) is 15.3. The topological polar surface area (TPSA) is 0 Å². The highest BCUT2D eigenvalue weighted by Crippen LogP contribution is 2.36. The van der Waals surface area contributed by atoms with E-state index in [0.717, 1.165) is 38.2 Å². The molecule has 0 bridgehead atoms. The maximum absolute atomic E-state index is 6.50. The fourth-order valence-electron chi connectivity index (χ4n) is 7.00. The first kappa shape index (κ1) is 39.1. The molecule has 0 unspecified atom stereocenters. The zero-order valence-corrected chi connectivity index (χ0v) is 35.4. The monoisotopic (exact) mass is 726 g/mol. The van der Waals surface area contributed by atoms with Crippen molar-refractivity contribution in [3.8, 4) is 44.5 Å². The van der Waals surface area contributed by atoms with Gasteiger partial charge in [-0.1, -0.05) is 192 Å². The zero-order chi connectivity index (χ0) is 39.2. The van der Waals surface area contributed by atoms with E-state index in [9.17, 15) is 0 Å². The normalized spacial score (nSPS) is 12.5. The minimum Gasteiger partial charge on any atom is -0.0788 e. The van der Waals surface area contributed by atoms with Crippen molar-refractivity contribution >= 4 is 17.1 Å². The van der Waals surface area contributed by atoms with E-state index in [0.29, 0.717) is 0 Å². The molecule has 0 fully saturated rings. The van der Waals surface area contributed by atoms with Crippen LogP contribution in [0.1, 0.15) is 116 Å². The molecule has 0 aliphatic rings. The zero-order valence-electron chi connectivity index (χ0n) is 34.6. The molecule has 0 radical (unpaired) electrons. The summed E-state index contributed by atoms with van der Waals surface area (Å²) in [5, 5.41) is 0. The van der Waals surface area contributed by atoms with Gasteiger partial charge in [-0.05, 0) is 136 Å². The Hall–Kier alpha value is -4.59. The minimum absolute atomic E-state index is 0.0881. The van der Waals surface area contributed by atoms with Crippen LogP contribution in [0.25, 0.3) is 44.5 Å². The van der Waals surface area contributed by atoms with Crippen molar-refractivity contribution in [1.82, 2.24) is 0 Å². The average Bonchev–Trinajstić information content (AvgIpc) is 3.13. The number of thiocarbonyl (C=S) groups is 1. The first-order valence-electron chi connectivity index (χ1n) is 19.5. The molecule has 0 aliphatic carbocycles. The summed E-state index contributed by atoms with van der Waals surface area (Å²) < 4.78 is 0. The van der Waals surface area contributed by atoms with Gasteiger partial charge in [-0.3, -0.25) is 0 Å². The van der Waals surface area contributed by atoms with Crippen LogP contribution in [0.2, 0.25) is 0 Å². The molecule has 0 spiro atoms. The first-order chi connectivity index (χ1) is 25.2. The molecule has 0 aliphatic heterocycles. The Morgan fingerprint density at radius 3 is 0.630 bits per heavy atom. The number of rotatable bonds is 6. The van der Waals surface area contributed by atoms with E-state index in [1.54, 1.807) is 0 Å². The van der Waals surface area contributed by atoms with E-state index in [1.807, 2.05) is 0 Å². The number of hydrogen-bond donors (Lipinski definition) is 0. The third-order valence-corrected chi connectivity index (χ3v) is 11.2. The van der Waals surface area contributed by atoms with Gasteiger partial charge in [0.25, 0.3) is 0 Å². The second-order valence-corrected chi connectivity index (χ2v) is 19.6. The van der Waals surface area contributed by atoms with Gasteiger partial charge in [0.1, 0.15) is 0 Å². The number of hydrogen-bond acceptors (Lipinski definition) is 1. The molecular weight excluding hydrogens is 669 g/mol. The fraction of sp³-hybridized carbons (Fsp3) is 0.302. The van der Waals surface area contributed by atoms with Gasteiger partial charge < -0.3 is 0 Å². The highest BCUT2D eigenvalue weighted by Gasteiger charge is 2.19. The SMILES string of the molecule is CC(C)(C)c1ccc(-c2cc(C(=S)c3cc(-c4ccc(C(C)(C)C)cc4)cc(-c4ccc(C(C)(C)C)cc4)c3)cc(-c3ccc(C(C)(C)C)cc3)c2)cc1. The summed E-state index contributed by atoms with van der Waals surface area (Å²) in [5.41, 5.74) is 17.2. The molecule has 0 nitrogen and oxygen atoms in total. The molecule has 6 aromatic rings. The van der Waals surface area contributed by atoms with Crippen LogP contribution in [-0.4, -0.2) is 4.86 Å². The summed E-state index contributed by atoms with van der Waals surface area (Å²) in [7, 11) is 0. The lowest BCUT2D eigenvalue weighted by Crippen LogP contribution is -2.10. The van der Waals surface area contributed by atoms with Crippen molar-refractivity contribution in [2.45, 2.75) is 105 Å². The summed E-state index contributed by atoms with van der Waals surface area (Å²) in [6.07, 6.45) is 0. The summed E-state index contributed by atoms with van der Waals surface area (Å²) in [4.78, 5) is 0.844. The Balaban J connectivity index is 1.50. The molecule has 0 aromatic heterocycles. The molecule has 0 saturated heterocycles. The van der Waals surface area contributed by atoms with Crippen LogP contribution < -0.4 is 0 Å². The molecule has 0 amide bonds. The molecule has 54 heavy (non-hydrogen) atoms. The van der Waals surface area contributed by atoms with Gasteiger partial charge in [0.05, 0.1) is 4.86 Å². The molecule has 0 atom stereocenters. The Labute approximate surface area is 331 Å². The highest BCUT2D eigenvalue weighted by molar-refractivity contribution is 7.81. The lowest BCUT2D eigenvalue weighted by Gasteiger charge is -2.20. The summed E-state index contributed by atoms with van der Waals surface area (Å²) >= 11 is 6.50. The summed E-state index contributed by atoms with van der Waals surface area (Å²) in [5.74, 6) is 0. The standard InChI is InChI=1S/C53H58S/c1-50(2,3)45-21-13-35(14-22-45)39-29-40(36-15-23-46(24-16-36)51(4,5)6)32-43(31-39)49(54)44-33-41(37-17-25-47(26-18-37)52(7,8)9)30-42(34-44)38-19-27-48(28-20-38)53(10,11)12/h13-34H,1-12H3. The summed E-state index contributed by atoms with van der Waals surface area (Å²) in [6.45, 7) is 27.2. The fourth-order valence-corrected chi connectivity index (χ4v) is 7.24. The van der Waals surface area contributed by atoms with E-state index in [4.69, 9.17) is 12.2 Å². The minimum atomic E-state index is 0.0881. The van der Waals surface area contributed by atoms with Crippen LogP contribution in [0.3, 0.4) is 0 Å². The largest absolute Gasteiger partial charge is 0.0788 e. The van der Waals surface area contributed by atoms with E-state index >= 15 is 0 Å². The number of benzene rings is 6. The molecule has 276 valence electrons. The van der Waals surface area contributed by atoms with E-state index in [-0.39, 0.29) is 21.7 Å². The molecule has 0 heterocycles. The second kappa shape index (κ2) is 14.6. The first-order valence-corrected chi connectivity index (χ1v) is 19.9. The van der Waals surface area contributed by atoms with Crippen molar-refractivity contribution < 1.29 is 0 Å². The smallest absolute Gasteiger partial charge is 0.0522 e. The van der Waals surface area contributed by atoms with Gasteiger partial charge in [0.2, 0.25) is 0 Å². The van der Waals surface area contributed by atoms with Crippen molar-refractivity contribution in [3.05, 3.63) is 167 Å². The average molecular weight is 727 g/mol. The van der Waals surface area contributed by atoms with Gasteiger partial charge in [0.15, 0.2) is 0 Å². The van der Waals surface area contributed by atoms with Gasteiger partial charge in [-0.2, -0.15) is 0 Å². The van der Waals surface area contributed by atoms with Gasteiger partial charge in [-0.25, -0.2) is 0 Å². The van der Waals surface area contributed by atoms with Crippen molar-refractivity contribution in [3.63, 3.8) is 0 Å². The van der Waals surface area contributed by atoms with Crippen LogP contribution in [0.5, 0.6) is 0 Å². The lowest BCUT2D eigenvalue weighted by molar-refractivity contribution is 0.590. The van der Waals surface area contributed by atoms with E-state index < -0.39 is 0 Å². The maximum atomic E-state index is 6.50. The Morgan fingerprint density at radius 2 is 0.463 bits per heavy atom. The Morgan fingerprint density at radius 1 is 0.278 bits per heavy atom. The molecule has 6 aromatic carbocycles. The molecule has 1 heteroatoms. The lowest BCUT2D eigenvalue weighted by atomic mass is 9.84. The van der Waals surface area contributed by atoms with Crippen LogP contribution in [0, 0.1) is 0 Å². The van der Waals surface area contributed by atoms with E-state index in [1.165, 1.54) is 44.5 Å². The quantitative estimate of drug-likeness (QED) is 0.122. The van der Waals surface area contributed by atoms with Crippen molar-refractivity contribution in [2.75, 3.05) is 0 Å². The van der Waals surface area contributed by atoms with Gasteiger partial charge >= 0.3 is 0 Å². The summed E-state index contributed by atoms with van der Waals surface area (Å²) in [6, 6.07) is 50.0. The molecule has 0 saturated carbocycles. The van der Waals surface area contributed by atoms with Gasteiger partial charge in [0, 0.05) is 0 Å². The van der Waals surface area contributed by atoms with Gasteiger partial charge in [-0.15, -0.1) is 0 Å². The van der Waals surface area contributed by atoms with E-state index in [2.05, 4.69) is 217 Å². The van der Waals surface area contributed by atoms with Crippen molar-refractivity contribution in [2.24, 2.45) is 0 Å². The third-order valence-electron chi connectivity index (χ3n) is 10.7. The Bertz CT molecular complexity index is 1940. The highest BCUT2D eigenvalue weighted by atomic mass is 32.1.